The Balaban J connectivity index is 1.36. The minimum atomic E-state index is 1.18. The van der Waals surface area contributed by atoms with Crippen LogP contribution < -0.4 is 31.8 Å². The molecule has 3 aliphatic heterocycles. The zero-order valence-electron chi connectivity index (χ0n) is 15.1. The Morgan fingerprint density at radius 3 is 1.57 bits per heavy atom. The zero-order valence-corrected chi connectivity index (χ0v) is 15.1. The molecule has 0 aromatic heterocycles. The molecule has 0 saturated heterocycles. The van der Waals surface area contributed by atoms with Crippen molar-refractivity contribution in [2.45, 2.75) is 0 Å². The van der Waals surface area contributed by atoms with Crippen molar-refractivity contribution in [2.24, 2.45) is 0 Å². The summed E-state index contributed by atoms with van der Waals surface area (Å²) in [7, 11) is 4.48. The molecule has 2 aliphatic carbocycles. The topological polar surface area (TPSA) is 6.48 Å². The Labute approximate surface area is 164 Å². The van der Waals surface area contributed by atoms with Gasteiger partial charge >= 0.3 is 0 Å². The predicted molar refractivity (Wildman–Crippen MR) is 118 cm³/mol. The molecule has 0 bridgehead atoms. The molecular weight excluding hydrogens is 338 g/mol. The molecule has 28 heavy (non-hydrogen) atoms. The van der Waals surface area contributed by atoms with Gasteiger partial charge in [0.2, 0.25) is 0 Å². The highest BCUT2D eigenvalue weighted by atomic mass is 15.2. The number of fused-ring (bicyclic) bond motifs is 6. The van der Waals surface area contributed by atoms with Crippen LogP contribution in [0.5, 0.6) is 0 Å². The highest BCUT2D eigenvalue weighted by Gasteiger charge is 2.25. The third kappa shape index (κ3) is 2.00. The summed E-state index contributed by atoms with van der Waals surface area (Å²) in [4.78, 5) is 4.47. The fourth-order valence-electron chi connectivity index (χ4n) is 4.53. The first-order chi connectivity index (χ1) is 13.8. The Hall–Kier alpha value is -3.39. The van der Waals surface area contributed by atoms with E-state index >= 15 is 0 Å². The maximum absolute atomic E-state index is 2.28. The van der Waals surface area contributed by atoms with Crippen molar-refractivity contribution in [3.8, 4) is 0 Å². The maximum Gasteiger partial charge on any atom is 0.290 e. The van der Waals surface area contributed by atoms with Crippen LogP contribution in [0.3, 0.4) is 0 Å². The van der Waals surface area contributed by atoms with Crippen LogP contribution in [0.25, 0.3) is 36.5 Å². The number of hydrogen-bond donors (Lipinski definition) is 0. The Kier molecular flexibility index (Phi) is 2.67. The highest BCUT2D eigenvalue weighted by Crippen LogP contribution is 2.22. The van der Waals surface area contributed by atoms with Crippen molar-refractivity contribution in [1.82, 2.24) is 9.62 Å². The van der Waals surface area contributed by atoms with Gasteiger partial charge in [-0.1, -0.05) is 59.5 Å². The van der Waals surface area contributed by atoms with Crippen LogP contribution in [-0.4, -0.2) is 24.5 Å². The number of allylic oxidation sites excluding steroid dienone is 4. The van der Waals surface area contributed by atoms with Crippen LogP contribution in [0, 0.1) is 0 Å². The Morgan fingerprint density at radius 1 is 0.571 bits per heavy atom. The molecule has 0 saturated carbocycles. The minimum Gasteiger partial charge on any atom is -0.389 e. The lowest BCUT2D eigenvalue weighted by molar-refractivity contribution is 0.634. The van der Waals surface area contributed by atoms with Gasteiger partial charge in [0.15, 0.2) is 0 Å². The van der Waals surface area contributed by atoms with Crippen molar-refractivity contribution in [3.05, 3.63) is 92.2 Å². The first-order valence-corrected chi connectivity index (χ1v) is 9.59. The molecule has 2 radical (unpaired) electrons. The summed E-state index contributed by atoms with van der Waals surface area (Å²) >= 11 is 0. The summed E-state index contributed by atoms with van der Waals surface area (Å²) in [5.74, 6) is 0. The highest BCUT2D eigenvalue weighted by molar-refractivity contribution is 6.54. The zero-order chi connectivity index (χ0) is 18.2. The van der Waals surface area contributed by atoms with Crippen molar-refractivity contribution >= 4 is 62.2 Å². The molecule has 5 aliphatic rings. The largest absolute Gasteiger partial charge is 0.389 e. The number of hydrogen-bond acceptors (Lipinski definition) is 2. The first kappa shape index (κ1) is 14.6. The van der Waals surface area contributed by atoms with E-state index in [9.17, 15) is 0 Å². The van der Waals surface area contributed by atoms with Crippen LogP contribution in [0.4, 0.5) is 0 Å². The van der Waals surface area contributed by atoms with E-state index in [1.165, 1.54) is 54.3 Å². The summed E-state index contributed by atoms with van der Waals surface area (Å²) in [6, 6.07) is 9.13. The van der Waals surface area contributed by atoms with Crippen LogP contribution in [0.15, 0.2) is 60.2 Å². The minimum absolute atomic E-state index is 1.18. The van der Waals surface area contributed by atoms with E-state index in [4.69, 9.17) is 0 Å². The SMILES string of the molecule is [B]1c2cc3c(cc2=CC2=CN4[B]c5cc6c(cc5=CC4=CN12)C=CC=6)C=CC=3. The number of benzene rings is 2. The third-order valence-corrected chi connectivity index (χ3v) is 5.98. The standard InChI is InChI=1S/C24H14B2N2/c1-3-15-7-19-9-21-13-28-22(14-27(21)25-23(19)11-17(15)5-1)10-20-8-16-4-2-6-18(16)12-24(20)26-28/h1-14H. The second kappa shape index (κ2) is 5.11. The van der Waals surface area contributed by atoms with E-state index in [1.54, 1.807) is 0 Å². The third-order valence-electron chi connectivity index (χ3n) is 5.98. The van der Waals surface area contributed by atoms with Gasteiger partial charge in [0.05, 0.1) is 0 Å². The molecule has 0 atom stereocenters. The average Bonchev–Trinajstić information content (AvgIpc) is 3.33. The lowest BCUT2D eigenvalue weighted by Gasteiger charge is -2.36. The first-order valence-electron chi connectivity index (χ1n) is 9.59. The lowest BCUT2D eigenvalue weighted by Crippen LogP contribution is -2.51. The molecular formula is C24H14B2N2. The van der Waals surface area contributed by atoms with Gasteiger partial charge in [-0.2, -0.15) is 0 Å². The summed E-state index contributed by atoms with van der Waals surface area (Å²) in [5, 5.41) is 5.15. The van der Waals surface area contributed by atoms with Gasteiger partial charge in [-0.05, 0) is 56.3 Å². The van der Waals surface area contributed by atoms with Gasteiger partial charge in [-0.25, -0.2) is 0 Å². The maximum atomic E-state index is 2.28. The van der Waals surface area contributed by atoms with Crippen LogP contribution in [0.2, 0.25) is 0 Å². The molecule has 126 valence electrons. The van der Waals surface area contributed by atoms with Crippen LogP contribution in [0.1, 0.15) is 11.1 Å². The van der Waals surface area contributed by atoms with E-state index in [-0.39, 0.29) is 0 Å². The molecule has 0 amide bonds. The molecule has 2 nitrogen and oxygen atoms in total. The van der Waals surface area contributed by atoms with Crippen molar-refractivity contribution < 1.29 is 0 Å². The van der Waals surface area contributed by atoms with E-state index in [2.05, 4.69) is 110 Å². The second-order valence-electron chi connectivity index (χ2n) is 7.74. The molecule has 0 spiro atoms. The number of rotatable bonds is 0. The van der Waals surface area contributed by atoms with Gasteiger partial charge in [0, 0.05) is 23.8 Å². The lowest BCUT2D eigenvalue weighted by atomic mass is 9.72. The molecule has 0 unspecified atom stereocenters. The van der Waals surface area contributed by atoms with E-state index in [1.807, 2.05) is 0 Å². The van der Waals surface area contributed by atoms with Crippen molar-refractivity contribution in [1.29, 1.82) is 0 Å². The Bertz CT molecular complexity index is 1360. The summed E-state index contributed by atoms with van der Waals surface area (Å²) in [6.45, 7) is 0. The fourth-order valence-corrected chi connectivity index (χ4v) is 4.53. The van der Waals surface area contributed by atoms with E-state index in [0.29, 0.717) is 0 Å². The molecule has 0 N–H and O–H groups in total. The molecule has 2 aromatic carbocycles. The van der Waals surface area contributed by atoms with Gasteiger partial charge in [0.25, 0.3) is 14.8 Å². The Morgan fingerprint density at radius 2 is 1.07 bits per heavy atom. The smallest absolute Gasteiger partial charge is 0.290 e. The normalized spacial score (nSPS) is 18.3. The van der Waals surface area contributed by atoms with Gasteiger partial charge in [-0.15, -0.1) is 0 Å². The summed E-state index contributed by atoms with van der Waals surface area (Å²) in [5.41, 5.74) is 7.50. The van der Waals surface area contributed by atoms with E-state index in [0.717, 1.165) is 0 Å². The number of nitrogens with zero attached hydrogens (tertiary/aromatic N) is 2. The average molecular weight is 352 g/mol. The second-order valence-corrected chi connectivity index (χ2v) is 7.74. The van der Waals surface area contributed by atoms with Gasteiger partial charge in [-0.3, -0.25) is 0 Å². The molecule has 2 aromatic rings. The molecule has 7 rings (SSSR count). The monoisotopic (exact) mass is 352 g/mol. The van der Waals surface area contributed by atoms with Crippen molar-refractivity contribution in [3.63, 3.8) is 0 Å². The quantitative estimate of drug-likeness (QED) is 0.584. The van der Waals surface area contributed by atoms with Gasteiger partial charge < -0.3 is 9.62 Å². The van der Waals surface area contributed by atoms with E-state index < -0.39 is 0 Å². The van der Waals surface area contributed by atoms with Crippen LogP contribution in [-0.2, 0) is 0 Å². The molecule has 3 heterocycles. The molecule has 0 fully saturated rings. The fraction of sp³-hybridized carbons (Fsp3) is 0. The van der Waals surface area contributed by atoms with Gasteiger partial charge in [0.1, 0.15) is 0 Å². The van der Waals surface area contributed by atoms with Crippen LogP contribution >= 0.6 is 0 Å². The predicted octanol–water partition coefficient (Wildman–Crippen LogP) is -0.621. The summed E-state index contributed by atoms with van der Waals surface area (Å²) < 4.78 is 0. The van der Waals surface area contributed by atoms with Crippen molar-refractivity contribution in [2.75, 3.05) is 0 Å². The summed E-state index contributed by atoms with van der Waals surface area (Å²) in [6.07, 6.45) is 21.9. The molecule has 4 heteroatoms.